The molecule has 170 valence electrons. The van der Waals surface area contributed by atoms with Crippen LogP contribution >= 0.6 is 0 Å². The molecular weight excluding hydrogens is 438 g/mol. The molecule has 1 fully saturated rings. The zero-order valence-electron chi connectivity index (χ0n) is 18.1. The van der Waals surface area contributed by atoms with E-state index in [0.717, 1.165) is 16.0 Å². The standard InChI is InChI=1S/C25H19N3O6/c1-16-3-2-4-20(13-16)27-24(30)22(23(29)26-25(27)31)14-17-7-11-21(12-8-17)34-15-18-5-9-19(10-6-18)28(32)33/h2-14H,15H2,1H3,(H,26,29,31)/b22-14+. The fourth-order valence-electron chi connectivity index (χ4n) is 3.37. The lowest BCUT2D eigenvalue weighted by Gasteiger charge is -2.26. The van der Waals surface area contributed by atoms with Gasteiger partial charge in [0.25, 0.3) is 17.5 Å². The van der Waals surface area contributed by atoms with Crippen molar-refractivity contribution < 1.29 is 24.0 Å². The van der Waals surface area contributed by atoms with Crippen LogP contribution in [-0.4, -0.2) is 22.8 Å². The number of non-ortho nitro benzene ring substituents is 1. The Balaban J connectivity index is 1.48. The molecule has 0 bridgehead atoms. The summed E-state index contributed by atoms with van der Waals surface area (Å²) in [5.41, 5.74) is 2.41. The highest BCUT2D eigenvalue weighted by atomic mass is 16.6. The predicted octanol–water partition coefficient (Wildman–Crippen LogP) is 4.15. The van der Waals surface area contributed by atoms with Gasteiger partial charge in [-0.05, 0) is 66.1 Å². The van der Waals surface area contributed by atoms with E-state index in [0.29, 0.717) is 17.0 Å². The number of hydrogen-bond acceptors (Lipinski definition) is 6. The highest BCUT2D eigenvalue weighted by Crippen LogP contribution is 2.23. The van der Waals surface area contributed by atoms with Crippen LogP contribution in [0.15, 0.2) is 78.4 Å². The van der Waals surface area contributed by atoms with E-state index in [9.17, 15) is 24.5 Å². The van der Waals surface area contributed by atoms with Crippen LogP contribution < -0.4 is 15.0 Å². The third kappa shape index (κ3) is 4.83. The van der Waals surface area contributed by atoms with E-state index >= 15 is 0 Å². The molecule has 9 heteroatoms. The van der Waals surface area contributed by atoms with E-state index in [1.54, 1.807) is 54.6 Å². The van der Waals surface area contributed by atoms with Crippen molar-refractivity contribution in [2.45, 2.75) is 13.5 Å². The number of rotatable bonds is 6. The molecule has 0 aromatic heterocycles. The van der Waals surface area contributed by atoms with Gasteiger partial charge in [-0.3, -0.25) is 25.0 Å². The molecule has 3 aromatic rings. The van der Waals surface area contributed by atoms with Gasteiger partial charge in [0, 0.05) is 12.1 Å². The Kier molecular flexibility index (Phi) is 6.18. The quantitative estimate of drug-likeness (QED) is 0.257. The van der Waals surface area contributed by atoms with Gasteiger partial charge >= 0.3 is 6.03 Å². The minimum absolute atomic E-state index is 0.00472. The zero-order chi connectivity index (χ0) is 24.2. The van der Waals surface area contributed by atoms with Gasteiger partial charge in [0.1, 0.15) is 17.9 Å². The second-order valence-corrected chi connectivity index (χ2v) is 7.58. The number of carbonyl (C=O) groups is 3. The van der Waals surface area contributed by atoms with Crippen LogP contribution in [0, 0.1) is 17.0 Å². The number of amides is 4. The third-order valence-corrected chi connectivity index (χ3v) is 5.11. The second-order valence-electron chi connectivity index (χ2n) is 7.58. The van der Waals surface area contributed by atoms with E-state index in [-0.39, 0.29) is 17.9 Å². The molecule has 9 nitrogen and oxygen atoms in total. The lowest BCUT2D eigenvalue weighted by molar-refractivity contribution is -0.384. The molecule has 0 unspecified atom stereocenters. The lowest BCUT2D eigenvalue weighted by Crippen LogP contribution is -2.54. The van der Waals surface area contributed by atoms with Gasteiger partial charge in [0.05, 0.1) is 10.6 Å². The summed E-state index contributed by atoms with van der Waals surface area (Å²) < 4.78 is 5.69. The summed E-state index contributed by atoms with van der Waals surface area (Å²) in [4.78, 5) is 48.8. The summed E-state index contributed by atoms with van der Waals surface area (Å²) in [6, 6.07) is 18.8. The first-order valence-corrected chi connectivity index (χ1v) is 10.3. The Morgan fingerprint density at radius 1 is 1.00 bits per heavy atom. The van der Waals surface area contributed by atoms with Crippen molar-refractivity contribution in [3.63, 3.8) is 0 Å². The molecule has 0 spiro atoms. The largest absolute Gasteiger partial charge is 0.489 e. The first-order chi connectivity index (χ1) is 16.3. The molecule has 1 aliphatic heterocycles. The molecule has 34 heavy (non-hydrogen) atoms. The number of nitrogens with zero attached hydrogens (tertiary/aromatic N) is 2. The normalized spacial score (nSPS) is 14.8. The maximum atomic E-state index is 13.0. The lowest BCUT2D eigenvalue weighted by atomic mass is 10.1. The maximum Gasteiger partial charge on any atom is 0.335 e. The molecule has 0 radical (unpaired) electrons. The van der Waals surface area contributed by atoms with E-state index in [4.69, 9.17) is 4.74 Å². The number of nitrogens with one attached hydrogen (secondary N) is 1. The van der Waals surface area contributed by atoms with Gasteiger partial charge in [-0.25, -0.2) is 9.69 Å². The molecule has 1 saturated heterocycles. The van der Waals surface area contributed by atoms with Crippen LogP contribution in [0.5, 0.6) is 5.75 Å². The van der Waals surface area contributed by atoms with Crippen LogP contribution in [-0.2, 0) is 16.2 Å². The molecule has 0 saturated carbocycles. The zero-order valence-corrected chi connectivity index (χ0v) is 18.1. The van der Waals surface area contributed by atoms with Crippen molar-refractivity contribution in [2.75, 3.05) is 4.90 Å². The number of urea groups is 1. The Hall–Kier alpha value is -4.79. The number of ether oxygens (including phenoxy) is 1. The van der Waals surface area contributed by atoms with Gasteiger partial charge in [0.15, 0.2) is 0 Å². The summed E-state index contributed by atoms with van der Waals surface area (Å²) >= 11 is 0. The number of imide groups is 2. The second kappa shape index (κ2) is 9.37. The highest BCUT2D eigenvalue weighted by Gasteiger charge is 2.36. The van der Waals surface area contributed by atoms with E-state index in [2.05, 4.69) is 5.32 Å². The number of nitro groups is 1. The summed E-state index contributed by atoms with van der Waals surface area (Å²) in [5.74, 6) is -0.938. The summed E-state index contributed by atoms with van der Waals surface area (Å²) in [6.45, 7) is 2.05. The average Bonchev–Trinajstić information content (AvgIpc) is 2.81. The first kappa shape index (κ1) is 22.4. The fraction of sp³-hybridized carbons (Fsp3) is 0.0800. The molecule has 4 amide bonds. The molecule has 3 aromatic carbocycles. The van der Waals surface area contributed by atoms with Gasteiger partial charge in [0.2, 0.25) is 0 Å². The van der Waals surface area contributed by atoms with E-state index < -0.39 is 22.8 Å². The van der Waals surface area contributed by atoms with Crippen LogP contribution in [0.4, 0.5) is 16.2 Å². The fourth-order valence-corrected chi connectivity index (χ4v) is 3.37. The third-order valence-electron chi connectivity index (χ3n) is 5.11. The van der Waals surface area contributed by atoms with Crippen molar-refractivity contribution in [3.05, 3.63) is 105 Å². The van der Waals surface area contributed by atoms with Crippen LogP contribution in [0.1, 0.15) is 16.7 Å². The number of barbiturate groups is 1. The topological polar surface area (TPSA) is 119 Å². The summed E-state index contributed by atoms with van der Waals surface area (Å²) in [6.07, 6.45) is 1.41. The van der Waals surface area contributed by atoms with Crippen molar-refractivity contribution in [1.29, 1.82) is 0 Å². The monoisotopic (exact) mass is 457 g/mol. The maximum absolute atomic E-state index is 13.0. The SMILES string of the molecule is Cc1cccc(N2C(=O)NC(=O)/C(=C\c3ccc(OCc4ccc([N+](=O)[O-])cc4)cc3)C2=O)c1. The molecule has 1 N–H and O–H groups in total. The number of benzene rings is 3. The number of aryl methyl sites for hydroxylation is 1. The predicted molar refractivity (Wildman–Crippen MR) is 124 cm³/mol. The Bertz CT molecular complexity index is 1310. The molecule has 1 heterocycles. The number of hydrogen-bond donors (Lipinski definition) is 1. The van der Waals surface area contributed by atoms with Crippen molar-refractivity contribution >= 4 is 35.3 Å². The molecule has 0 atom stereocenters. The van der Waals surface area contributed by atoms with E-state index in [1.165, 1.54) is 18.2 Å². The average molecular weight is 457 g/mol. The van der Waals surface area contributed by atoms with Crippen molar-refractivity contribution in [1.82, 2.24) is 5.32 Å². The molecule has 4 rings (SSSR count). The van der Waals surface area contributed by atoms with Gasteiger partial charge in [-0.15, -0.1) is 0 Å². The van der Waals surface area contributed by atoms with Gasteiger partial charge in [-0.2, -0.15) is 0 Å². The Labute approximate surface area is 194 Å². The van der Waals surface area contributed by atoms with Crippen LogP contribution in [0.25, 0.3) is 6.08 Å². The summed E-state index contributed by atoms with van der Waals surface area (Å²) in [7, 11) is 0. The molecular formula is C25H19N3O6. The van der Waals surface area contributed by atoms with Crippen molar-refractivity contribution in [2.24, 2.45) is 0 Å². The minimum atomic E-state index is -0.798. The Morgan fingerprint density at radius 2 is 1.71 bits per heavy atom. The smallest absolute Gasteiger partial charge is 0.335 e. The van der Waals surface area contributed by atoms with Gasteiger partial charge in [-0.1, -0.05) is 24.3 Å². The Morgan fingerprint density at radius 3 is 2.35 bits per heavy atom. The van der Waals surface area contributed by atoms with Crippen LogP contribution in [0.2, 0.25) is 0 Å². The summed E-state index contributed by atoms with van der Waals surface area (Å²) in [5, 5.41) is 12.9. The minimum Gasteiger partial charge on any atom is -0.489 e. The highest BCUT2D eigenvalue weighted by molar-refractivity contribution is 6.39. The molecule has 0 aliphatic carbocycles. The van der Waals surface area contributed by atoms with Crippen LogP contribution in [0.3, 0.4) is 0 Å². The number of nitro benzene ring substituents is 1. The van der Waals surface area contributed by atoms with Gasteiger partial charge < -0.3 is 4.74 Å². The number of anilines is 1. The van der Waals surface area contributed by atoms with E-state index in [1.807, 2.05) is 13.0 Å². The van der Waals surface area contributed by atoms with Crippen molar-refractivity contribution in [3.8, 4) is 5.75 Å². The first-order valence-electron chi connectivity index (χ1n) is 10.3. The molecule has 1 aliphatic rings. The number of carbonyl (C=O) groups excluding carboxylic acids is 3.